The fourth-order valence-corrected chi connectivity index (χ4v) is 4.85. The van der Waals surface area contributed by atoms with E-state index in [9.17, 15) is 14.0 Å². The number of carbonyl (C=O) groups excluding carboxylic acids is 2. The first-order valence-electron chi connectivity index (χ1n) is 10.8. The minimum Gasteiger partial charge on any atom is -0.343 e. The second-order valence-electron chi connectivity index (χ2n) is 8.69. The van der Waals surface area contributed by atoms with E-state index in [-0.39, 0.29) is 24.1 Å². The molecule has 5 nitrogen and oxygen atoms in total. The number of nitrogens with one attached hydrogen (secondary N) is 1. The van der Waals surface area contributed by atoms with Crippen molar-refractivity contribution >= 4 is 35.0 Å². The summed E-state index contributed by atoms with van der Waals surface area (Å²) < 4.78 is 13.8. The Hall–Kier alpha value is -2.15. The molecule has 2 amide bonds. The second-order valence-corrected chi connectivity index (χ2v) is 9.54. The zero-order valence-electron chi connectivity index (χ0n) is 17.9. The minimum absolute atomic E-state index is 0.145. The van der Waals surface area contributed by atoms with E-state index in [1.54, 1.807) is 35.2 Å². The molecule has 1 atom stereocenters. The van der Waals surface area contributed by atoms with Crippen molar-refractivity contribution in [1.82, 2.24) is 15.1 Å². The lowest BCUT2D eigenvalue weighted by Crippen LogP contribution is -2.56. The Labute approximate surface area is 197 Å². The van der Waals surface area contributed by atoms with Gasteiger partial charge in [0, 0.05) is 42.6 Å². The molecule has 2 aromatic rings. The van der Waals surface area contributed by atoms with Gasteiger partial charge in [0.2, 0.25) is 11.8 Å². The molecule has 170 valence electrons. The van der Waals surface area contributed by atoms with E-state index in [1.807, 2.05) is 7.05 Å². The number of benzene rings is 2. The maximum Gasteiger partial charge on any atom is 0.245 e. The highest BCUT2D eigenvalue weighted by Gasteiger charge is 2.53. The van der Waals surface area contributed by atoms with Crippen LogP contribution in [0.2, 0.25) is 10.0 Å². The minimum atomic E-state index is -0.781. The highest BCUT2D eigenvalue weighted by Crippen LogP contribution is 2.51. The van der Waals surface area contributed by atoms with Crippen LogP contribution in [0.4, 0.5) is 4.39 Å². The fraction of sp³-hybridized carbons (Fsp3) is 0.417. The van der Waals surface area contributed by atoms with Crippen molar-refractivity contribution in [3.05, 3.63) is 69.5 Å². The topological polar surface area (TPSA) is 52.6 Å². The molecule has 1 saturated carbocycles. The van der Waals surface area contributed by atoms with Gasteiger partial charge in [0.15, 0.2) is 0 Å². The van der Waals surface area contributed by atoms with Crippen LogP contribution in [0.15, 0.2) is 42.5 Å². The number of piperazine rings is 1. The van der Waals surface area contributed by atoms with Crippen LogP contribution in [0.3, 0.4) is 0 Å². The number of hydrogen-bond donors (Lipinski definition) is 1. The summed E-state index contributed by atoms with van der Waals surface area (Å²) in [7, 11) is 2.01. The van der Waals surface area contributed by atoms with Crippen LogP contribution < -0.4 is 5.32 Å². The molecule has 1 aliphatic carbocycles. The average Bonchev–Trinajstić information content (AvgIpc) is 3.55. The standard InChI is InChI=1S/C24H26Cl2FN3O2/c1-29-9-11-30(12-10-29)22(31)21(14-16-3-2-4-18(27)13-16)28-23(32)24(7-8-24)19-6-5-17(25)15-20(19)26/h2-6,13,15,21H,7-12,14H2,1H3,(H,28,32)/t21-/m0/s1. The maximum absolute atomic E-state index is 13.8. The van der Waals surface area contributed by atoms with Crippen LogP contribution in [0.5, 0.6) is 0 Å². The third-order valence-electron chi connectivity index (χ3n) is 6.38. The molecule has 0 unspecified atom stereocenters. The highest BCUT2D eigenvalue weighted by atomic mass is 35.5. The molecule has 0 radical (unpaired) electrons. The Balaban J connectivity index is 1.56. The van der Waals surface area contributed by atoms with Gasteiger partial charge in [0.05, 0.1) is 5.41 Å². The molecule has 1 aliphatic heterocycles. The first-order valence-corrected chi connectivity index (χ1v) is 11.5. The lowest BCUT2D eigenvalue weighted by atomic mass is 9.93. The van der Waals surface area contributed by atoms with Gasteiger partial charge in [-0.1, -0.05) is 41.4 Å². The van der Waals surface area contributed by atoms with Crippen molar-refractivity contribution in [2.45, 2.75) is 30.7 Å². The Morgan fingerprint density at radius 3 is 2.44 bits per heavy atom. The van der Waals surface area contributed by atoms with Crippen molar-refractivity contribution in [2.24, 2.45) is 0 Å². The number of halogens is 3. The molecular formula is C24H26Cl2FN3O2. The van der Waals surface area contributed by atoms with E-state index in [0.717, 1.165) is 18.7 Å². The van der Waals surface area contributed by atoms with Gasteiger partial charge < -0.3 is 15.1 Å². The van der Waals surface area contributed by atoms with E-state index in [4.69, 9.17) is 23.2 Å². The smallest absolute Gasteiger partial charge is 0.245 e. The Kier molecular flexibility index (Phi) is 6.75. The summed E-state index contributed by atoms with van der Waals surface area (Å²) in [6.45, 7) is 2.74. The van der Waals surface area contributed by atoms with Crippen molar-refractivity contribution in [3.63, 3.8) is 0 Å². The molecule has 0 spiro atoms. The SMILES string of the molecule is CN1CCN(C(=O)[C@H](Cc2cccc(F)c2)NC(=O)C2(c3ccc(Cl)cc3Cl)CC2)CC1. The molecular weight excluding hydrogens is 452 g/mol. The summed E-state index contributed by atoms with van der Waals surface area (Å²) in [6, 6.07) is 10.5. The van der Waals surface area contributed by atoms with Crippen LogP contribution in [0.1, 0.15) is 24.0 Å². The molecule has 4 rings (SSSR count). The van der Waals surface area contributed by atoms with Crippen LogP contribution in [0, 0.1) is 5.82 Å². The number of hydrogen-bond acceptors (Lipinski definition) is 3. The predicted molar refractivity (Wildman–Crippen MR) is 123 cm³/mol. The molecule has 2 aliphatic rings. The summed E-state index contributed by atoms with van der Waals surface area (Å²) in [5, 5.41) is 3.92. The van der Waals surface area contributed by atoms with E-state index in [1.165, 1.54) is 12.1 Å². The zero-order chi connectivity index (χ0) is 22.9. The molecule has 1 saturated heterocycles. The third kappa shape index (κ3) is 4.92. The van der Waals surface area contributed by atoms with Crippen molar-refractivity contribution in [1.29, 1.82) is 0 Å². The van der Waals surface area contributed by atoms with E-state index >= 15 is 0 Å². The molecule has 1 heterocycles. The quantitative estimate of drug-likeness (QED) is 0.690. The Bertz CT molecular complexity index is 1020. The summed E-state index contributed by atoms with van der Waals surface area (Å²) in [5.74, 6) is -0.745. The lowest BCUT2D eigenvalue weighted by molar-refractivity contribution is -0.138. The number of amides is 2. The van der Waals surface area contributed by atoms with Crippen molar-refractivity contribution < 1.29 is 14.0 Å². The third-order valence-corrected chi connectivity index (χ3v) is 6.93. The summed E-state index contributed by atoms with van der Waals surface area (Å²) in [4.78, 5) is 30.7. The molecule has 2 fully saturated rings. The number of rotatable bonds is 6. The van der Waals surface area contributed by atoms with Crippen molar-refractivity contribution in [3.8, 4) is 0 Å². The summed E-state index contributed by atoms with van der Waals surface area (Å²) in [5.41, 5.74) is 0.620. The molecule has 2 aromatic carbocycles. The Morgan fingerprint density at radius 2 is 1.81 bits per heavy atom. The summed E-state index contributed by atoms with van der Waals surface area (Å²) >= 11 is 12.4. The maximum atomic E-state index is 13.8. The van der Waals surface area contributed by atoms with Gasteiger partial charge in [-0.25, -0.2) is 4.39 Å². The Morgan fingerprint density at radius 1 is 1.09 bits per heavy atom. The van der Waals surface area contributed by atoms with Gasteiger partial charge >= 0.3 is 0 Å². The van der Waals surface area contributed by atoms with Crippen LogP contribution in [-0.2, 0) is 21.4 Å². The number of nitrogens with zero attached hydrogens (tertiary/aromatic N) is 2. The van der Waals surface area contributed by atoms with Gasteiger partial charge in [-0.15, -0.1) is 0 Å². The highest BCUT2D eigenvalue weighted by molar-refractivity contribution is 6.35. The van der Waals surface area contributed by atoms with Crippen LogP contribution in [-0.4, -0.2) is 60.9 Å². The number of carbonyl (C=O) groups is 2. The first-order chi connectivity index (χ1) is 15.3. The van der Waals surface area contributed by atoms with E-state index < -0.39 is 11.5 Å². The molecule has 1 N–H and O–H groups in total. The fourth-order valence-electron chi connectivity index (χ4n) is 4.26. The molecule has 8 heteroatoms. The second kappa shape index (κ2) is 9.38. The van der Waals surface area contributed by atoms with Crippen molar-refractivity contribution in [2.75, 3.05) is 33.2 Å². The van der Waals surface area contributed by atoms with Gasteiger partial charge in [-0.05, 0) is 55.3 Å². The van der Waals surface area contributed by atoms with E-state index in [2.05, 4.69) is 10.2 Å². The van der Waals surface area contributed by atoms with E-state index in [0.29, 0.717) is 41.5 Å². The largest absolute Gasteiger partial charge is 0.343 e. The van der Waals surface area contributed by atoms with Gasteiger partial charge in [0.1, 0.15) is 11.9 Å². The van der Waals surface area contributed by atoms with Gasteiger partial charge in [0.25, 0.3) is 0 Å². The zero-order valence-corrected chi connectivity index (χ0v) is 19.4. The van der Waals surface area contributed by atoms with Crippen LogP contribution >= 0.6 is 23.2 Å². The average molecular weight is 478 g/mol. The van der Waals surface area contributed by atoms with Gasteiger partial charge in [-0.2, -0.15) is 0 Å². The van der Waals surface area contributed by atoms with Gasteiger partial charge in [-0.3, -0.25) is 9.59 Å². The first kappa shape index (κ1) is 23.0. The molecule has 0 aromatic heterocycles. The lowest BCUT2D eigenvalue weighted by Gasteiger charge is -2.35. The normalized spacial score (nSPS) is 18.8. The number of likely N-dealkylation sites (N-methyl/N-ethyl adjacent to an activating group) is 1. The molecule has 32 heavy (non-hydrogen) atoms. The molecule has 0 bridgehead atoms. The van der Waals surface area contributed by atoms with Crippen LogP contribution in [0.25, 0.3) is 0 Å². The monoisotopic (exact) mass is 477 g/mol. The summed E-state index contributed by atoms with van der Waals surface area (Å²) in [6.07, 6.45) is 1.52. The predicted octanol–water partition coefficient (Wildman–Crippen LogP) is 3.67.